The van der Waals surface area contributed by atoms with Crippen LogP contribution >= 0.6 is 10.7 Å². The van der Waals surface area contributed by atoms with E-state index in [-0.39, 0.29) is 12.4 Å². The van der Waals surface area contributed by atoms with Crippen molar-refractivity contribution in [1.29, 1.82) is 0 Å². The zero-order valence-corrected chi connectivity index (χ0v) is 12.3. The number of hydrogen-bond acceptors (Lipinski definition) is 3. The van der Waals surface area contributed by atoms with Crippen LogP contribution in [0.15, 0.2) is 29.7 Å². The van der Waals surface area contributed by atoms with E-state index in [1.807, 2.05) is 0 Å². The van der Waals surface area contributed by atoms with Crippen molar-refractivity contribution < 1.29 is 21.9 Å². The van der Waals surface area contributed by atoms with Crippen LogP contribution in [0.5, 0.6) is 5.75 Å². The maximum atomic E-state index is 13.6. The molecule has 112 valence electrons. The van der Waals surface area contributed by atoms with Crippen molar-refractivity contribution >= 4 is 19.7 Å². The highest BCUT2D eigenvalue weighted by Gasteiger charge is 2.22. The van der Waals surface area contributed by atoms with E-state index in [2.05, 4.69) is 6.58 Å². The summed E-state index contributed by atoms with van der Waals surface area (Å²) in [7, 11) is 0.664. The van der Waals surface area contributed by atoms with Crippen LogP contribution < -0.4 is 4.74 Å². The zero-order chi connectivity index (χ0) is 15.2. The molecule has 0 aliphatic heterocycles. The summed E-state index contributed by atoms with van der Waals surface area (Å²) in [5, 5.41) is 0. The minimum atomic E-state index is -4.32. The molecule has 1 rings (SSSR count). The number of ether oxygens (including phenoxy) is 1. The Balaban J connectivity index is 2.65. The maximum Gasteiger partial charge on any atom is 0.264 e. The highest BCUT2D eigenvalue weighted by molar-refractivity contribution is 8.13. The molecule has 0 amide bonds. The van der Waals surface area contributed by atoms with Crippen molar-refractivity contribution in [2.24, 2.45) is 0 Å². The molecule has 0 aliphatic rings. The molecule has 0 saturated heterocycles. The SMILES string of the molecule is C=CCCCCCOc1ccc(S(=O)(=O)Cl)c(F)c1F. The predicted octanol–water partition coefficient (Wildman–Crippen LogP) is 4.02. The van der Waals surface area contributed by atoms with Crippen LogP contribution in [-0.2, 0) is 9.05 Å². The Morgan fingerprint density at radius 2 is 1.90 bits per heavy atom. The van der Waals surface area contributed by atoms with Crippen LogP contribution in [0.1, 0.15) is 25.7 Å². The van der Waals surface area contributed by atoms with Gasteiger partial charge < -0.3 is 4.74 Å². The predicted molar refractivity (Wildman–Crippen MR) is 73.6 cm³/mol. The van der Waals surface area contributed by atoms with Gasteiger partial charge in [-0.2, -0.15) is 4.39 Å². The fourth-order valence-corrected chi connectivity index (χ4v) is 2.46. The third-order valence-electron chi connectivity index (χ3n) is 2.58. The largest absolute Gasteiger partial charge is 0.490 e. The van der Waals surface area contributed by atoms with E-state index in [4.69, 9.17) is 15.4 Å². The molecule has 7 heteroatoms. The van der Waals surface area contributed by atoms with Gasteiger partial charge in [0.15, 0.2) is 11.6 Å². The first-order valence-electron chi connectivity index (χ1n) is 6.04. The molecule has 0 heterocycles. The Hall–Kier alpha value is -1.14. The monoisotopic (exact) mass is 324 g/mol. The summed E-state index contributed by atoms with van der Waals surface area (Å²) in [6.45, 7) is 3.82. The average molecular weight is 325 g/mol. The van der Waals surface area contributed by atoms with Crippen molar-refractivity contribution in [2.45, 2.75) is 30.6 Å². The first kappa shape index (κ1) is 16.9. The fraction of sp³-hybridized carbons (Fsp3) is 0.385. The topological polar surface area (TPSA) is 43.4 Å². The second-order valence-electron chi connectivity index (χ2n) is 4.11. The van der Waals surface area contributed by atoms with E-state index in [0.29, 0.717) is 6.42 Å². The van der Waals surface area contributed by atoms with Crippen LogP contribution in [0.3, 0.4) is 0 Å². The summed E-state index contributed by atoms with van der Waals surface area (Å²) >= 11 is 0. The van der Waals surface area contributed by atoms with Crippen LogP contribution in [0, 0.1) is 11.6 Å². The minimum absolute atomic E-state index is 0.223. The molecule has 0 N–H and O–H groups in total. The smallest absolute Gasteiger partial charge is 0.264 e. The summed E-state index contributed by atoms with van der Waals surface area (Å²) in [6, 6.07) is 1.94. The summed E-state index contributed by atoms with van der Waals surface area (Å²) in [4.78, 5) is -0.894. The van der Waals surface area contributed by atoms with Crippen LogP contribution in [0.2, 0.25) is 0 Å². The molecule has 0 fully saturated rings. The molecule has 1 aromatic rings. The van der Waals surface area contributed by atoms with Gasteiger partial charge in [0, 0.05) is 10.7 Å². The summed E-state index contributed by atoms with van der Waals surface area (Å²) in [6.07, 6.45) is 5.22. The van der Waals surface area contributed by atoms with Gasteiger partial charge in [-0.1, -0.05) is 6.08 Å². The summed E-state index contributed by atoms with van der Waals surface area (Å²) in [5.41, 5.74) is 0. The lowest BCUT2D eigenvalue weighted by atomic mass is 10.2. The Labute approximate surface area is 121 Å². The van der Waals surface area contributed by atoms with Gasteiger partial charge in [-0.3, -0.25) is 0 Å². The molecular weight excluding hydrogens is 310 g/mol. The molecule has 0 radical (unpaired) electrons. The highest BCUT2D eigenvalue weighted by atomic mass is 35.7. The molecule has 0 saturated carbocycles. The number of benzene rings is 1. The summed E-state index contributed by atoms with van der Waals surface area (Å²) < 4.78 is 54.2. The van der Waals surface area contributed by atoms with Crippen LogP contribution in [0.4, 0.5) is 8.78 Å². The lowest BCUT2D eigenvalue weighted by molar-refractivity contribution is 0.284. The normalized spacial score (nSPS) is 11.3. The quantitative estimate of drug-likeness (QED) is 0.412. The van der Waals surface area contributed by atoms with E-state index < -0.39 is 25.6 Å². The second-order valence-corrected chi connectivity index (χ2v) is 6.65. The van der Waals surface area contributed by atoms with Crippen molar-refractivity contribution in [3.05, 3.63) is 36.4 Å². The molecular formula is C13H15ClF2O3S. The van der Waals surface area contributed by atoms with Gasteiger partial charge in [-0.15, -0.1) is 6.58 Å². The van der Waals surface area contributed by atoms with E-state index in [1.54, 1.807) is 6.08 Å². The van der Waals surface area contributed by atoms with E-state index in [9.17, 15) is 17.2 Å². The maximum absolute atomic E-state index is 13.6. The lowest BCUT2D eigenvalue weighted by Gasteiger charge is -2.09. The first-order chi connectivity index (χ1) is 9.38. The minimum Gasteiger partial charge on any atom is -0.490 e. The summed E-state index contributed by atoms with van der Waals surface area (Å²) in [5.74, 6) is -3.20. The number of halogens is 3. The molecule has 0 atom stereocenters. The molecule has 0 aromatic heterocycles. The molecule has 0 aliphatic carbocycles. The third-order valence-corrected chi connectivity index (χ3v) is 3.92. The molecule has 3 nitrogen and oxygen atoms in total. The van der Waals surface area contributed by atoms with Gasteiger partial charge in [0.05, 0.1) is 6.61 Å². The van der Waals surface area contributed by atoms with Crippen molar-refractivity contribution in [3.8, 4) is 5.75 Å². The van der Waals surface area contributed by atoms with Crippen molar-refractivity contribution in [2.75, 3.05) is 6.61 Å². The van der Waals surface area contributed by atoms with E-state index >= 15 is 0 Å². The van der Waals surface area contributed by atoms with E-state index in [0.717, 1.165) is 31.4 Å². The van der Waals surface area contributed by atoms with Crippen molar-refractivity contribution in [1.82, 2.24) is 0 Å². The second kappa shape index (κ2) is 7.59. The zero-order valence-electron chi connectivity index (χ0n) is 10.7. The Morgan fingerprint density at radius 1 is 1.20 bits per heavy atom. The van der Waals surface area contributed by atoms with E-state index in [1.165, 1.54) is 0 Å². The highest BCUT2D eigenvalue weighted by Crippen LogP contribution is 2.27. The molecule has 1 aromatic carbocycles. The first-order valence-corrected chi connectivity index (χ1v) is 8.35. The molecule has 0 spiro atoms. The third kappa shape index (κ3) is 4.76. The number of rotatable bonds is 8. The van der Waals surface area contributed by atoms with Gasteiger partial charge in [-0.05, 0) is 37.8 Å². The van der Waals surface area contributed by atoms with Gasteiger partial charge >= 0.3 is 0 Å². The Morgan fingerprint density at radius 3 is 2.50 bits per heavy atom. The Kier molecular flexibility index (Phi) is 6.42. The van der Waals surface area contributed by atoms with Crippen LogP contribution in [-0.4, -0.2) is 15.0 Å². The van der Waals surface area contributed by atoms with Gasteiger partial charge in [-0.25, -0.2) is 12.8 Å². The number of allylic oxidation sites excluding steroid dienone is 1. The van der Waals surface area contributed by atoms with Crippen molar-refractivity contribution in [3.63, 3.8) is 0 Å². The fourth-order valence-electron chi connectivity index (χ4n) is 1.56. The average Bonchev–Trinajstić information content (AvgIpc) is 2.37. The number of unbranched alkanes of at least 4 members (excludes halogenated alkanes) is 3. The molecule has 0 unspecified atom stereocenters. The Bertz CT molecular complexity index is 573. The molecule has 20 heavy (non-hydrogen) atoms. The molecule has 0 bridgehead atoms. The van der Waals surface area contributed by atoms with Gasteiger partial charge in [0.25, 0.3) is 9.05 Å². The lowest BCUT2D eigenvalue weighted by Crippen LogP contribution is -2.04. The standard InChI is InChI=1S/C13H15ClF2O3S/c1-2-3-4-5-6-9-19-10-7-8-11(20(14,17)18)13(16)12(10)15/h2,7-8H,1,3-6,9H2. The van der Waals surface area contributed by atoms with Crippen LogP contribution in [0.25, 0.3) is 0 Å². The van der Waals surface area contributed by atoms with Gasteiger partial charge in [0.2, 0.25) is 5.82 Å². The van der Waals surface area contributed by atoms with Gasteiger partial charge in [0.1, 0.15) is 4.90 Å². The number of hydrogen-bond donors (Lipinski definition) is 0.